The van der Waals surface area contributed by atoms with E-state index >= 15 is 0 Å². The fourth-order valence-corrected chi connectivity index (χ4v) is 3.94. The number of carbonyl (C=O) groups excluding carboxylic acids is 2. The van der Waals surface area contributed by atoms with Crippen LogP contribution in [-0.2, 0) is 10.2 Å². The van der Waals surface area contributed by atoms with E-state index in [1.54, 1.807) is 41.6 Å². The van der Waals surface area contributed by atoms with Crippen molar-refractivity contribution < 1.29 is 14.0 Å². The summed E-state index contributed by atoms with van der Waals surface area (Å²) >= 11 is 5.90. The smallest absolute Gasteiger partial charge is 0.321 e. The first-order valence-electron chi connectivity index (χ1n) is 10.6. The summed E-state index contributed by atoms with van der Waals surface area (Å²) in [6, 6.07) is 7.19. The predicted molar refractivity (Wildman–Crippen MR) is 123 cm³/mol. The molecule has 1 unspecified atom stereocenters. The van der Waals surface area contributed by atoms with Gasteiger partial charge in [0.1, 0.15) is 5.82 Å². The molecule has 1 saturated heterocycles. The van der Waals surface area contributed by atoms with Crippen molar-refractivity contribution >= 4 is 29.2 Å². The van der Waals surface area contributed by atoms with Crippen molar-refractivity contribution in [3.8, 4) is 0 Å². The van der Waals surface area contributed by atoms with Gasteiger partial charge < -0.3 is 21.3 Å². The van der Waals surface area contributed by atoms with Gasteiger partial charge in [-0.2, -0.15) is 0 Å². The first-order chi connectivity index (χ1) is 15.2. The molecular weight excluding hydrogens is 433 g/mol. The first kappa shape index (κ1) is 23.9. The summed E-state index contributed by atoms with van der Waals surface area (Å²) in [4.78, 5) is 30.8. The second-order valence-electron chi connectivity index (χ2n) is 8.75. The van der Waals surface area contributed by atoms with Crippen LogP contribution in [0.3, 0.4) is 0 Å². The number of urea groups is 1. The number of nitrogens with zero attached hydrogens (tertiary/aromatic N) is 2. The van der Waals surface area contributed by atoms with E-state index in [-0.39, 0.29) is 22.9 Å². The SMILES string of the molecule is CC(C)(CNC(=O)C(N)C1CCN(C(=O)Nc2ccncc2)CC1)c1ccc(F)c(Cl)c1. The van der Waals surface area contributed by atoms with E-state index in [2.05, 4.69) is 15.6 Å². The Morgan fingerprint density at radius 1 is 1.25 bits per heavy atom. The minimum atomic E-state index is -0.659. The second kappa shape index (κ2) is 10.3. The van der Waals surface area contributed by atoms with Gasteiger partial charge in [0, 0.05) is 43.1 Å². The van der Waals surface area contributed by atoms with Crippen molar-refractivity contribution in [1.82, 2.24) is 15.2 Å². The third kappa shape index (κ3) is 5.95. The lowest BCUT2D eigenvalue weighted by Gasteiger charge is -2.34. The number of hydrogen-bond donors (Lipinski definition) is 3. The van der Waals surface area contributed by atoms with Crippen LogP contribution in [0.25, 0.3) is 0 Å². The highest BCUT2D eigenvalue weighted by molar-refractivity contribution is 6.30. The average Bonchev–Trinajstić information content (AvgIpc) is 2.79. The molecule has 0 aliphatic carbocycles. The van der Waals surface area contributed by atoms with Gasteiger partial charge in [-0.25, -0.2) is 9.18 Å². The maximum atomic E-state index is 13.5. The van der Waals surface area contributed by atoms with Crippen LogP contribution in [0.4, 0.5) is 14.9 Å². The molecule has 1 aromatic carbocycles. The molecule has 2 aromatic rings. The van der Waals surface area contributed by atoms with E-state index in [0.717, 1.165) is 5.56 Å². The maximum absolute atomic E-state index is 13.5. The summed E-state index contributed by atoms with van der Waals surface area (Å²) in [6.45, 7) is 5.30. The Labute approximate surface area is 192 Å². The number of rotatable bonds is 6. The van der Waals surface area contributed by atoms with E-state index < -0.39 is 17.3 Å². The molecule has 1 aliphatic rings. The van der Waals surface area contributed by atoms with Gasteiger partial charge >= 0.3 is 6.03 Å². The molecule has 1 fully saturated rings. The summed E-state index contributed by atoms with van der Waals surface area (Å²) in [5, 5.41) is 5.82. The van der Waals surface area contributed by atoms with Gasteiger partial charge in [-0.05, 0) is 48.6 Å². The van der Waals surface area contributed by atoms with Gasteiger partial charge in [-0.15, -0.1) is 0 Å². The van der Waals surface area contributed by atoms with E-state index in [9.17, 15) is 14.0 Å². The van der Waals surface area contributed by atoms with Crippen LogP contribution in [-0.4, -0.2) is 47.5 Å². The standard InChI is InChI=1S/C23H29ClFN5O2/c1-23(2,16-3-4-19(25)18(24)13-16)14-28-21(31)20(26)15-7-11-30(12-8-15)22(32)29-17-5-9-27-10-6-17/h3-6,9-10,13,15,20H,7-8,11-12,14,26H2,1-2H3,(H,28,31)(H,27,29,32). The number of halogens is 2. The number of carbonyl (C=O) groups is 2. The van der Waals surface area contributed by atoms with Crippen LogP contribution in [0, 0.1) is 11.7 Å². The molecule has 0 saturated carbocycles. The molecule has 9 heteroatoms. The lowest BCUT2D eigenvalue weighted by molar-refractivity contribution is -0.124. The highest BCUT2D eigenvalue weighted by Crippen LogP contribution is 2.27. The third-order valence-electron chi connectivity index (χ3n) is 5.97. The van der Waals surface area contributed by atoms with Gasteiger partial charge in [0.05, 0.1) is 11.1 Å². The number of likely N-dealkylation sites (tertiary alicyclic amines) is 1. The van der Waals surface area contributed by atoms with Crippen LogP contribution < -0.4 is 16.4 Å². The highest BCUT2D eigenvalue weighted by Gasteiger charge is 2.31. The Bertz CT molecular complexity index is 949. The molecular formula is C23H29ClFN5O2. The van der Waals surface area contributed by atoms with Crippen LogP contribution in [0.1, 0.15) is 32.3 Å². The van der Waals surface area contributed by atoms with Crippen molar-refractivity contribution in [3.05, 3.63) is 59.1 Å². The molecule has 32 heavy (non-hydrogen) atoms. The fourth-order valence-electron chi connectivity index (χ4n) is 3.76. The largest absolute Gasteiger partial charge is 0.354 e. The predicted octanol–water partition coefficient (Wildman–Crippen LogP) is 3.54. The van der Waals surface area contributed by atoms with Crippen LogP contribution >= 0.6 is 11.6 Å². The first-order valence-corrected chi connectivity index (χ1v) is 11.0. The lowest BCUT2D eigenvalue weighted by atomic mass is 9.84. The Balaban J connectivity index is 1.48. The molecule has 2 heterocycles. The van der Waals surface area contributed by atoms with Crippen molar-refractivity contribution in [3.63, 3.8) is 0 Å². The normalized spacial score (nSPS) is 15.8. The lowest BCUT2D eigenvalue weighted by Crippen LogP contribution is -2.52. The number of pyridine rings is 1. The van der Waals surface area contributed by atoms with Crippen molar-refractivity contribution in [1.29, 1.82) is 0 Å². The summed E-state index contributed by atoms with van der Waals surface area (Å²) in [5.41, 5.74) is 7.31. The molecule has 4 N–H and O–H groups in total. The zero-order chi connectivity index (χ0) is 23.3. The van der Waals surface area contributed by atoms with Gasteiger partial charge in [0.15, 0.2) is 0 Å². The molecule has 172 valence electrons. The number of amides is 3. The van der Waals surface area contributed by atoms with Gasteiger partial charge in [0.25, 0.3) is 0 Å². The molecule has 0 spiro atoms. The number of hydrogen-bond acceptors (Lipinski definition) is 4. The Morgan fingerprint density at radius 3 is 2.53 bits per heavy atom. The molecule has 7 nitrogen and oxygen atoms in total. The Kier molecular flexibility index (Phi) is 7.69. The Hall–Kier alpha value is -2.71. The molecule has 1 aliphatic heterocycles. The number of anilines is 1. The quantitative estimate of drug-likeness (QED) is 0.612. The van der Waals surface area contributed by atoms with E-state index in [1.807, 2.05) is 13.8 Å². The zero-order valence-corrected chi connectivity index (χ0v) is 19.0. The minimum absolute atomic E-state index is 0.0108. The van der Waals surface area contributed by atoms with E-state index in [1.165, 1.54) is 6.07 Å². The molecule has 0 bridgehead atoms. The van der Waals surface area contributed by atoms with E-state index in [0.29, 0.717) is 38.2 Å². The molecule has 1 atom stereocenters. The van der Waals surface area contributed by atoms with Crippen LogP contribution in [0.5, 0.6) is 0 Å². The molecule has 0 radical (unpaired) electrons. The highest BCUT2D eigenvalue weighted by atomic mass is 35.5. The number of nitrogens with one attached hydrogen (secondary N) is 2. The zero-order valence-electron chi connectivity index (χ0n) is 18.3. The van der Waals surface area contributed by atoms with Crippen molar-refractivity contribution in [2.24, 2.45) is 11.7 Å². The Morgan fingerprint density at radius 2 is 1.91 bits per heavy atom. The molecule has 3 rings (SSSR count). The molecule has 1 aromatic heterocycles. The van der Waals surface area contributed by atoms with Crippen LogP contribution in [0.15, 0.2) is 42.7 Å². The summed E-state index contributed by atoms with van der Waals surface area (Å²) < 4.78 is 13.5. The number of nitrogens with two attached hydrogens (primary N) is 1. The van der Waals surface area contributed by atoms with Crippen molar-refractivity contribution in [2.75, 3.05) is 25.0 Å². The molecule has 3 amide bonds. The maximum Gasteiger partial charge on any atom is 0.321 e. The average molecular weight is 462 g/mol. The van der Waals surface area contributed by atoms with E-state index in [4.69, 9.17) is 17.3 Å². The van der Waals surface area contributed by atoms with Gasteiger partial charge in [-0.3, -0.25) is 9.78 Å². The number of benzene rings is 1. The summed E-state index contributed by atoms with van der Waals surface area (Å²) in [6.07, 6.45) is 4.53. The fraction of sp³-hybridized carbons (Fsp3) is 0.435. The third-order valence-corrected chi connectivity index (χ3v) is 6.26. The number of aromatic nitrogens is 1. The van der Waals surface area contributed by atoms with Gasteiger partial charge in [0.2, 0.25) is 5.91 Å². The monoisotopic (exact) mass is 461 g/mol. The van der Waals surface area contributed by atoms with Crippen LogP contribution in [0.2, 0.25) is 5.02 Å². The van der Waals surface area contributed by atoms with Gasteiger partial charge in [-0.1, -0.05) is 31.5 Å². The second-order valence-corrected chi connectivity index (χ2v) is 9.15. The summed E-state index contributed by atoms with van der Waals surface area (Å²) in [7, 11) is 0. The summed E-state index contributed by atoms with van der Waals surface area (Å²) in [5.74, 6) is -0.715. The topological polar surface area (TPSA) is 100 Å². The number of piperidine rings is 1. The minimum Gasteiger partial charge on any atom is -0.354 e. The van der Waals surface area contributed by atoms with Crippen molar-refractivity contribution in [2.45, 2.75) is 38.1 Å².